The lowest BCUT2D eigenvalue weighted by atomic mass is 9.80. The normalized spacial score (nSPS) is 26.3. The number of morpholine rings is 1. The zero-order valence-electron chi connectivity index (χ0n) is 19.4. The third kappa shape index (κ3) is 3.18. The zero-order chi connectivity index (χ0) is 25.4. The van der Waals surface area contributed by atoms with Gasteiger partial charge < -0.3 is 14.7 Å². The number of allylic oxidation sites excluding steroid dienone is 6. The highest BCUT2D eigenvalue weighted by Gasteiger charge is 2.48. The largest absolute Gasteiger partial charge is 0.502 e. The molecule has 0 bridgehead atoms. The van der Waals surface area contributed by atoms with E-state index in [0.717, 1.165) is 26.5 Å². The van der Waals surface area contributed by atoms with Crippen molar-refractivity contribution in [3.63, 3.8) is 0 Å². The maximum Gasteiger partial charge on any atom is 0.278 e. The van der Waals surface area contributed by atoms with Crippen molar-refractivity contribution in [1.29, 1.82) is 0 Å². The Morgan fingerprint density at radius 2 is 2.03 bits per heavy atom. The molecule has 10 heteroatoms. The number of carbonyl (C=O) groups is 1. The third-order valence-corrected chi connectivity index (χ3v) is 8.60. The number of pyridine rings is 1. The molecule has 7 rings (SSSR count). The van der Waals surface area contributed by atoms with E-state index in [0.29, 0.717) is 6.61 Å². The number of aromatic hydroxyl groups is 1. The lowest BCUT2D eigenvalue weighted by molar-refractivity contribution is -0.0202. The van der Waals surface area contributed by atoms with E-state index in [4.69, 9.17) is 4.74 Å². The molecular weight excluding hydrogens is 500 g/mol. The topological polar surface area (TPSA) is 75.0 Å². The summed E-state index contributed by atoms with van der Waals surface area (Å²) in [5, 5.41) is 15.4. The van der Waals surface area contributed by atoms with Crippen LogP contribution in [-0.2, 0) is 4.74 Å². The molecule has 2 aliphatic heterocycles. The minimum Gasteiger partial charge on any atom is -0.502 e. The molecule has 4 heterocycles. The van der Waals surface area contributed by atoms with Gasteiger partial charge in [0.25, 0.3) is 5.91 Å². The van der Waals surface area contributed by atoms with Gasteiger partial charge >= 0.3 is 0 Å². The number of fused-ring (bicyclic) bond motifs is 5. The molecule has 0 aromatic carbocycles. The van der Waals surface area contributed by atoms with Crippen LogP contribution >= 0.6 is 11.3 Å². The van der Waals surface area contributed by atoms with Crippen LogP contribution in [-0.4, -0.2) is 52.6 Å². The van der Waals surface area contributed by atoms with Crippen LogP contribution in [0, 0.1) is 5.92 Å². The first-order valence-electron chi connectivity index (χ1n) is 12.0. The smallest absolute Gasteiger partial charge is 0.278 e. The Labute approximate surface area is 213 Å². The predicted molar refractivity (Wildman–Crippen MR) is 134 cm³/mol. The van der Waals surface area contributed by atoms with Crippen LogP contribution in [0.2, 0.25) is 0 Å². The van der Waals surface area contributed by atoms with E-state index >= 15 is 0 Å². The molecule has 1 unspecified atom stereocenters. The monoisotopic (exact) mass is 521 g/mol. The first-order chi connectivity index (χ1) is 17.9. The molecule has 0 radical (unpaired) electrons. The molecule has 3 atom stereocenters. The summed E-state index contributed by atoms with van der Waals surface area (Å²) >= 11 is 1.48. The highest BCUT2D eigenvalue weighted by atomic mass is 32.1. The molecule has 0 spiro atoms. The van der Waals surface area contributed by atoms with Crippen molar-refractivity contribution in [2.75, 3.05) is 24.8 Å². The molecule has 0 saturated carbocycles. The second-order valence-electron chi connectivity index (χ2n) is 9.52. The van der Waals surface area contributed by atoms with Gasteiger partial charge in [-0.3, -0.25) is 19.3 Å². The molecular formula is C27H21F2N3O4S. The lowest BCUT2D eigenvalue weighted by Crippen LogP contribution is -2.69. The number of amides is 1. The Bertz CT molecular complexity index is 1680. The van der Waals surface area contributed by atoms with Gasteiger partial charge in [-0.25, -0.2) is 8.78 Å². The van der Waals surface area contributed by atoms with Crippen LogP contribution in [0.5, 0.6) is 5.75 Å². The summed E-state index contributed by atoms with van der Waals surface area (Å²) in [5.74, 6) is -2.13. The van der Waals surface area contributed by atoms with Crippen LogP contribution in [0.3, 0.4) is 0 Å². The summed E-state index contributed by atoms with van der Waals surface area (Å²) < 4.78 is 37.5. The molecule has 1 saturated heterocycles. The first-order valence-corrected chi connectivity index (χ1v) is 12.9. The van der Waals surface area contributed by atoms with Crippen molar-refractivity contribution in [2.24, 2.45) is 5.92 Å². The minimum atomic E-state index is -0.654. The van der Waals surface area contributed by atoms with Crippen molar-refractivity contribution >= 4 is 28.4 Å². The van der Waals surface area contributed by atoms with Crippen LogP contribution < -0.4 is 20.2 Å². The second kappa shape index (κ2) is 8.12. The number of nitrogens with zero attached hydrogens (tertiary/aromatic N) is 3. The SMILES string of the molecule is O=C1c2c(O)c(=O)ccn2N([C@H]2C3=CC=C(F)CC3=c3sccc3=C3C=C(F)C=CC32)[C@@H]2COCCN12. The molecule has 2 aromatic heterocycles. The Morgan fingerprint density at radius 3 is 2.89 bits per heavy atom. The van der Waals surface area contributed by atoms with E-state index in [1.807, 2.05) is 16.5 Å². The van der Waals surface area contributed by atoms with E-state index in [9.17, 15) is 23.5 Å². The fourth-order valence-electron chi connectivity index (χ4n) is 6.05. The van der Waals surface area contributed by atoms with Crippen LogP contribution in [0.15, 0.2) is 76.1 Å². The molecule has 1 fully saturated rings. The average Bonchev–Trinajstić information content (AvgIpc) is 3.35. The van der Waals surface area contributed by atoms with Crippen molar-refractivity contribution in [3.8, 4) is 5.75 Å². The van der Waals surface area contributed by atoms with Crippen molar-refractivity contribution in [3.05, 3.63) is 97.0 Å². The number of hydrogen-bond donors (Lipinski definition) is 1. The summed E-state index contributed by atoms with van der Waals surface area (Å²) in [6.07, 6.45) is 8.92. The van der Waals surface area contributed by atoms with Gasteiger partial charge in [-0.05, 0) is 51.6 Å². The summed E-state index contributed by atoms with van der Waals surface area (Å²) in [6, 6.07) is 2.62. The number of ether oxygens (including phenoxy) is 1. The second-order valence-corrected chi connectivity index (χ2v) is 10.4. The summed E-state index contributed by atoms with van der Waals surface area (Å²) in [4.78, 5) is 27.4. The van der Waals surface area contributed by atoms with E-state index in [-0.39, 0.29) is 42.8 Å². The van der Waals surface area contributed by atoms with Gasteiger partial charge in [0.05, 0.1) is 19.3 Å². The summed E-state index contributed by atoms with van der Waals surface area (Å²) in [7, 11) is 0. The molecule has 188 valence electrons. The van der Waals surface area contributed by atoms with Crippen LogP contribution in [0.25, 0.3) is 11.1 Å². The van der Waals surface area contributed by atoms with Gasteiger partial charge in [-0.2, -0.15) is 0 Å². The van der Waals surface area contributed by atoms with Gasteiger partial charge in [-0.15, -0.1) is 11.3 Å². The third-order valence-electron chi connectivity index (χ3n) is 7.62. The highest BCUT2D eigenvalue weighted by Crippen LogP contribution is 2.42. The maximum absolute atomic E-state index is 14.7. The maximum atomic E-state index is 14.7. The van der Waals surface area contributed by atoms with Crippen molar-refractivity contribution in [1.82, 2.24) is 9.58 Å². The van der Waals surface area contributed by atoms with Gasteiger partial charge in [0.2, 0.25) is 5.43 Å². The average molecular weight is 522 g/mol. The summed E-state index contributed by atoms with van der Waals surface area (Å²) in [5.41, 5.74) is 1.59. The Balaban J connectivity index is 1.56. The highest BCUT2D eigenvalue weighted by molar-refractivity contribution is 7.07. The number of carbonyl (C=O) groups excluding carboxylic acids is 1. The predicted octanol–water partition coefficient (Wildman–Crippen LogP) is 1.97. The molecule has 5 aliphatic rings. The molecule has 2 aromatic rings. The summed E-state index contributed by atoms with van der Waals surface area (Å²) in [6.45, 7) is 0.788. The molecule has 7 nitrogen and oxygen atoms in total. The number of hydrogen-bond acceptors (Lipinski definition) is 6. The molecule has 1 N–H and O–H groups in total. The number of halogens is 2. The zero-order valence-corrected chi connectivity index (χ0v) is 20.3. The molecule has 37 heavy (non-hydrogen) atoms. The van der Waals surface area contributed by atoms with Crippen molar-refractivity contribution in [2.45, 2.75) is 18.6 Å². The standard InChI is InChI=1S/C27H21F2N3O4S/c28-14-1-3-16-19(11-14)18-6-10-37-26(18)20-12-15(29)2-4-17(20)23(16)32-22-13-36-9-8-30(22)27(35)24-25(34)21(33)5-7-31(24)32/h1-7,10-11,16,22-23,34H,8-9,12-13H2/t16?,22-,23-/m1/s1. The Morgan fingerprint density at radius 1 is 1.16 bits per heavy atom. The van der Waals surface area contributed by atoms with E-state index < -0.39 is 29.3 Å². The fourth-order valence-corrected chi connectivity index (χ4v) is 7.03. The van der Waals surface area contributed by atoms with Gasteiger partial charge in [0, 0.05) is 35.7 Å². The quantitative estimate of drug-likeness (QED) is 0.622. The van der Waals surface area contributed by atoms with E-state index in [2.05, 4.69) is 0 Å². The first kappa shape index (κ1) is 22.4. The minimum absolute atomic E-state index is 0.0890. The molecule has 1 amide bonds. The van der Waals surface area contributed by atoms with E-state index in [1.165, 1.54) is 46.5 Å². The van der Waals surface area contributed by atoms with Crippen LogP contribution in [0.4, 0.5) is 8.78 Å². The van der Waals surface area contributed by atoms with E-state index in [1.54, 1.807) is 17.1 Å². The molecule has 3 aliphatic carbocycles. The fraction of sp³-hybridized carbons (Fsp3) is 0.259. The van der Waals surface area contributed by atoms with Gasteiger partial charge in [-0.1, -0.05) is 12.2 Å². The van der Waals surface area contributed by atoms with Crippen LogP contribution in [0.1, 0.15) is 16.9 Å². The van der Waals surface area contributed by atoms with Gasteiger partial charge in [0.1, 0.15) is 17.8 Å². The Kier molecular flexibility index (Phi) is 4.93. The number of aromatic nitrogens is 1. The Hall–Kier alpha value is -3.76. The lowest BCUT2D eigenvalue weighted by Gasteiger charge is -2.53. The van der Waals surface area contributed by atoms with Crippen molar-refractivity contribution < 1.29 is 23.4 Å². The van der Waals surface area contributed by atoms with Gasteiger partial charge in [0.15, 0.2) is 11.4 Å². The number of thiophene rings is 1. The number of rotatable bonds is 1.